The van der Waals surface area contributed by atoms with E-state index in [2.05, 4.69) is 24.5 Å². The number of aryl methyl sites for hydroxylation is 1. The fourth-order valence-corrected chi connectivity index (χ4v) is 4.06. The first-order chi connectivity index (χ1) is 10.1. The van der Waals surface area contributed by atoms with Crippen LogP contribution in [0, 0.1) is 11.8 Å². The molecule has 1 saturated carbocycles. The molecular weight excluding hydrogens is 303 g/mol. The smallest absolute Gasteiger partial charge is 0.111 e. The van der Waals surface area contributed by atoms with Crippen molar-refractivity contribution in [2.24, 2.45) is 11.8 Å². The lowest BCUT2D eigenvalue weighted by molar-refractivity contribution is 0.187. The van der Waals surface area contributed by atoms with Crippen molar-refractivity contribution in [1.82, 2.24) is 9.55 Å². The van der Waals surface area contributed by atoms with Gasteiger partial charge in [0.15, 0.2) is 0 Å². The molecule has 2 aromatic rings. The Kier molecular flexibility index (Phi) is 4.46. The van der Waals surface area contributed by atoms with E-state index in [0.29, 0.717) is 17.8 Å². The second kappa shape index (κ2) is 6.18. The van der Waals surface area contributed by atoms with E-state index in [1.807, 2.05) is 12.1 Å². The molecule has 1 aromatic carbocycles. The van der Waals surface area contributed by atoms with Gasteiger partial charge >= 0.3 is 0 Å². The third-order valence-corrected chi connectivity index (χ3v) is 5.55. The Balaban J connectivity index is 2.15. The van der Waals surface area contributed by atoms with Gasteiger partial charge < -0.3 is 4.57 Å². The second-order valence-electron chi connectivity index (χ2n) is 6.28. The van der Waals surface area contributed by atoms with Gasteiger partial charge in [-0.1, -0.05) is 44.4 Å². The molecule has 0 saturated heterocycles. The van der Waals surface area contributed by atoms with Crippen LogP contribution in [-0.2, 0) is 6.42 Å². The predicted molar refractivity (Wildman–Crippen MR) is 90.4 cm³/mol. The van der Waals surface area contributed by atoms with Crippen LogP contribution in [0.4, 0.5) is 0 Å². The van der Waals surface area contributed by atoms with Crippen LogP contribution in [0.1, 0.15) is 45.0 Å². The summed E-state index contributed by atoms with van der Waals surface area (Å²) in [5, 5.41) is 0.735. The highest BCUT2D eigenvalue weighted by Crippen LogP contribution is 2.40. The Bertz CT molecular complexity index is 635. The molecule has 0 spiro atoms. The first-order valence-electron chi connectivity index (χ1n) is 7.84. The molecule has 114 valence electrons. The van der Waals surface area contributed by atoms with Crippen molar-refractivity contribution < 1.29 is 0 Å². The monoisotopic (exact) mass is 324 g/mol. The third-order valence-electron chi connectivity index (χ3n) is 5.06. The maximum Gasteiger partial charge on any atom is 0.111 e. The molecule has 3 rings (SSSR count). The number of aromatic nitrogens is 2. The molecule has 1 aliphatic carbocycles. The molecule has 1 heterocycles. The topological polar surface area (TPSA) is 17.8 Å². The molecule has 0 amide bonds. The molecule has 0 aliphatic heterocycles. The van der Waals surface area contributed by atoms with E-state index in [-0.39, 0.29) is 0 Å². The summed E-state index contributed by atoms with van der Waals surface area (Å²) in [6.07, 6.45) is 4.63. The van der Waals surface area contributed by atoms with Gasteiger partial charge in [-0.05, 0) is 30.4 Å². The Morgan fingerprint density at radius 2 is 2.10 bits per heavy atom. The second-order valence-corrected chi connectivity index (χ2v) is 7.06. The molecule has 3 unspecified atom stereocenters. The number of fused-ring (bicyclic) bond motifs is 1. The molecule has 4 heteroatoms. The maximum absolute atomic E-state index is 6.34. The number of imidazole rings is 1. The van der Waals surface area contributed by atoms with E-state index < -0.39 is 0 Å². The summed E-state index contributed by atoms with van der Waals surface area (Å²) < 4.78 is 2.42. The van der Waals surface area contributed by atoms with Crippen molar-refractivity contribution in [3.05, 3.63) is 29.0 Å². The van der Waals surface area contributed by atoms with Crippen LogP contribution in [0.5, 0.6) is 0 Å². The van der Waals surface area contributed by atoms with E-state index in [9.17, 15) is 0 Å². The van der Waals surface area contributed by atoms with Crippen LogP contribution in [0.2, 0.25) is 5.02 Å². The molecule has 0 N–H and O–H groups in total. The summed E-state index contributed by atoms with van der Waals surface area (Å²) in [5.74, 6) is 3.09. The zero-order chi connectivity index (χ0) is 15.0. The lowest BCUT2D eigenvalue weighted by Crippen LogP contribution is -2.28. The van der Waals surface area contributed by atoms with Gasteiger partial charge in [-0.25, -0.2) is 4.98 Å². The van der Waals surface area contributed by atoms with Crippen LogP contribution in [-0.4, -0.2) is 15.4 Å². The van der Waals surface area contributed by atoms with Crippen LogP contribution in [0.15, 0.2) is 18.2 Å². The average molecular weight is 325 g/mol. The third kappa shape index (κ3) is 2.68. The van der Waals surface area contributed by atoms with Gasteiger partial charge in [0, 0.05) is 18.3 Å². The minimum Gasteiger partial charge on any atom is -0.325 e. The summed E-state index contributed by atoms with van der Waals surface area (Å²) in [7, 11) is 0. The highest BCUT2D eigenvalue weighted by atomic mass is 35.5. The lowest BCUT2D eigenvalue weighted by atomic mass is 9.78. The fourth-order valence-electron chi connectivity index (χ4n) is 3.68. The molecule has 0 radical (unpaired) electrons. The van der Waals surface area contributed by atoms with Gasteiger partial charge in [-0.2, -0.15) is 0 Å². The SMILES string of the molecule is CC1CCCC(n2c(CCCl)nc3c(Cl)cccc32)C1C. The minimum absolute atomic E-state index is 0.510. The molecule has 1 aromatic heterocycles. The van der Waals surface area contributed by atoms with E-state index in [0.717, 1.165) is 34.2 Å². The highest BCUT2D eigenvalue weighted by Gasteiger charge is 2.31. The summed E-state index contributed by atoms with van der Waals surface area (Å²) in [6, 6.07) is 6.58. The summed E-state index contributed by atoms with van der Waals surface area (Å²) >= 11 is 12.3. The van der Waals surface area contributed by atoms with E-state index >= 15 is 0 Å². The first-order valence-corrected chi connectivity index (χ1v) is 8.76. The zero-order valence-electron chi connectivity index (χ0n) is 12.6. The molecular formula is C17H22Cl2N2. The van der Waals surface area contributed by atoms with Gasteiger partial charge in [0.25, 0.3) is 0 Å². The van der Waals surface area contributed by atoms with Gasteiger partial charge in [0.2, 0.25) is 0 Å². The molecule has 0 bridgehead atoms. The van der Waals surface area contributed by atoms with Crippen LogP contribution < -0.4 is 0 Å². The molecule has 3 atom stereocenters. The van der Waals surface area contributed by atoms with Crippen LogP contribution >= 0.6 is 23.2 Å². The summed E-state index contributed by atoms with van der Waals surface area (Å²) in [5.41, 5.74) is 2.08. The largest absolute Gasteiger partial charge is 0.325 e. The van der Waals surface area contributed by atoms with E-state index in [4.69, 9.17) is 28.2 Å². The van der Waals surface area contributed by atoms with Crippen molar-refractivity contribution in [3.63, 3.8) is 0 Å². The van der Waals surface area contributed by atoms with Crippen molar-refractivity contribution in [2.75, 3.05) is 5.88 Å². The molecule has 1 fully saturated rings. The summed E-state index contributed by atoms with van der Waals surface area (Å²) in [6.45, 7) is 4.74. The first kappa shape index (κ1) is 15.2. The fraction of sp³-hybridized carbons (Fsp3) is 0.588. The van der Waals surface area contributed by atoms with Crippen molar-refractivity contribution in [3.8, 4) is 0 Å². The number of alkyl halides is 1. The minimum atomic E-state index is 0.510. The standard InChI is InChI=1S/C17H22Cl2N2/c1-11-5-3-7-14(12(11)2)21-15-8-4-6-13(19)17(15)20-16(21)9-10-18/h4,6,8,11-12,14H,3,5,7,9-10H2,1-2H3. The van der Waals surface area contributed by atoms with Crippen LogP contribution in [0.3, 0.4) is 0 Å². The quantitative estimate of drug-likeness (QED) is 0.684. The number of nitrogens with zero attached hydrogens (tertiary/aromatic N) is 2. The van der Waals surface area contributed by atoms with Gasteiger partial charge in [0.1, 0.15) is 11.3 Å². The molecule has 21 heavy (non-hydrogen) atoms. The van der Waals surface area contributed by atoms with Crippen molar-refractivity contribution in [1.29, 1.82) is 0 Å². The number of rotatable bonds is 3. The number of benzene rings is 1. The average Bonchev–Trinajstić information content (AvgIpc) is 2.82. The maximum atomic E-state index is 6.34. The Labute approximate surface area is 136 Å². The Morgan fingerprint density at radius 3 is 2.86 bits per heavy atom. The van der Waals surface area contributed by atoms with Crippen molar-refractivity contribution in [2.45, 2.75) is 45.6 Å². The van der Waals surface area contributed by atoms with E-state index in [1.165, 1.54) is 19.3 Å². The molecule has 2 nitrogen and oxygen atoms in total. The van der Waals surface area contributed by atoms with Crippen LogP contribution in [0.25, 0.3) is 11.0 Å². The zero-order valence-corrected chi connectivity index (χ0v) is 14.2. The van der Waals surface area contributed by atoms with Gasteiger partial charge in [0.05, 0.1) is 10.5 Å². The predicted octanol–water partition coefficient (Wildman–Crippen LogP) is 5.47. The number of para-hydroxylation sites is 1. The van der Waals surface area contributed by atoms with Gasteiger partial charge in [-0.3, -0.25) is 0 Å². The van der Waals surface area contributed by atoms with Crippen molar-refractivity contribution >= 4 is 34.2 Å². The lowest BCUT2D eigenvalue weighted by Gasteiger charge is -2.36. The van der Waals surface area contributed by atoms with E-state index in [1.54, 1.807) is 0 Å². The normalized spacial score (nSPS) is 26.4. The molecule has 1 aliphatic rings. The Morgan fingerprint density at radius 1 is 1.29 bits per heavy atom. The highest BCUT2D eigenvalue weighted by molar-refractivity contribution is 6.34. The van der Waals surface area contributed by atoms with Gasteiger partial charge in [-0.15, -0.1) is 11.6 Å². The number of hydrogen-bond acceptors (Lipinski definition) is 1. The summed E-state index contributed by atoms with van der Waals surface area (Å²) in [4.78, 5) is 4.78. The Hall–Kier alpha value is -0.730. The number of halogens is 2. The number of hydrogen-bond donors (Lipinski definition) is 0.